The van der Waals surface area contributed by atoms with Crippen molar-refractivity contribution in [3.8, 4) is 5.75 Å². The average molecular weight is 393 g/mol. The Bertz CT molecular complexity index is 899. The van der Waals surface area contributed by atoms with Gasteiger partial charge in [-0.1, -0.05) is 36.4 Å². The van der Waals surface area contributed by atoms with Crippen molar-refractivity contribution in [3.05, 3.63) is 70.8 Å². The molecule has 0 spiro atoms. The van der Waals surface area contributed by atoms with Gasteiger partial charge in [0.05, 0.1) is 32.4 Å². The molecule has 5 nitrogen and oxygen atoms in total. The molecule has 5 heteroatoms. The minimum absolute atomic E-state index is 0.0158. The van der Waals surface area contributed by atoms with Crippen molar-refractivity contribution in [2.75, 3.05) is 20.3 Å². The number of hydrogen-bond acceptors (Lipinski definition) is 4. The predicted molar refractivity (Wildman–Crippen MR) is 112 cm³/mol. The molecule has 1 fully saturated rings. The molecule has 2 aromatic carbocycles. The van der Waals surface area contributed by atoms with Crippen LogP contribution in [0.25, 0.3) is 5.57 Å². The molecule has 29 heavy (non-hydrogen) atoms. The maximum atomic E-state index is 12.8. The molecule has 2 unspecified atom stereocenters. The summed E-state index contributed by atoms with van der Waals surface area (Å²) in [7, 11) is 1.69. The Morgan fingerprint density at radius 2 is 1.86 bits per heavy atom. The van der Waals surface area contributed by atoms with Crippen LogP contribution in [0.1, 0.15) is 28.7 Å². The van der Waals surface area contributed by atoms with Crippen LogP contribution in [0.3, 0.4) is 0 Å². The van der Waals surface area contributed by atoms with E-state index >= 15 is 0 Å². The summed E-state index contributed by atoms with van der Waals surface area (Å²) in [5, 5.41) is 0. The standard InChI is InChI=1S/C24H27NO4/c1-16-9-22(27-3)10-17(2)23(16)19-11-20-14-28-15-21(12-19)25(20)24(26)29-13-18-7-5-4-6-8-18/h4-11,20-21H,12-15H2,1-3H3. The van der Waals surface area contributed by atoms with Crippen molar-refractivity contribution in [1.82, 2.24) is 4.90 Å². The van der Waals surface area contributed by atoms with Gasteiger partial charge in [-0.15, -0.1) is 0 Å². The largest absolute Gasteiger partial charge is 0.497 e. The number of carbonyl (C=O) groups excluding carboxylic acids is 1. The minimum atomic E-state index is -0.273. The van der Waals surface area contributed by atoms with Crippen molar-refractivity contribution in [1.29, 1.82) is 0 Å². The molecular formula is C24H27NO4. The summed E-state index contributed by atoms with van der Waals surface area (Å²) in [4.78, 5) is 14.7. The van der Waals surface area contributed by atoms with Gasteiger partial charge in [-0.2, -0.15) is 0 Å². The number of hydrogen-bond donors (Lipinski definition) is 0. The highest BCUT2D eigenvalue weighted by Gasteiger charge is 2.39. The van der Waals surface area contributed by atoms with Gasteiger partial charge in [-0.05, 0) is 60.2 Å². The lowest BCUT2D eigenvalue weighted by Gasteiger charge is -2.44. The summed E-state index contributed by atoms with van der Waals surface area (Å²) < 4.78 is 16.8. The van der Waals surface area contributed by atoms with Gasteiger partial charge in [0, 0.05) is 0 Å². The van der Waals surface area contributed by atoms with Gasteiger partial charge in [0.1, 0.15) is 12.4 Å². The second-order valence-electron chi connectivity index (χ2n) is 7.74. The molecule has 0 saturated carbocycles. The topological polar surface area (TPSA) is 48.0 Å². The highest BCUT2D eigenvalue weighted by atomic mass is 16.6. The van der Waals surface area contributed by atoms with Crippen LogP contribution < -0.4 is 4.74 Å². The third-order valence-corrected chi connectivity index (χ3v) is 5.68. The van der Waals surface area contributed by atoms with Crippen molar-refractivity contribution in [2.24, 2.45) is 0 Å². The quantitative estimate of drug-likeness (QED) is 0.767. The zero-order valence-corrected chi connectivity index (χ0v) is 17.2. The molecule has 2 bridgehead atoms. The predicted octanol–water partition coefficient (Wildman–Crippen LogP) is 4.51. The first-order valence-corrected chi connectivity index (χ1v) is 10.00. The lowest BCUT2D eigenvalue weighted by atomic mass is 9.86. The van der Waals surface area contributed by atoms with E-state index in [9.17, 15) is 4.79 Å². The lowest BCUT2D eigenvalue weighted by molar-refractivity contribution is -0.0342. The van der Waals surface area contributed by atoms with Crippen LogP contribution in [0.5, 0.6) is 5.75 Å². The highest BCUT2D eigenvalue weighted by Crippen LogP contribution is 2.37. The molecule has 0 aromatic heterocycles. The molecule has 2 aliphatic heterocycles. The van der Waals surface area contributed by atoms with E-state index in [1.165, 1.54) is 22.3 Å². The van der Waals surface area contributed by atoms with Crippen LogP contribution in [-0.2, 0) is 16.1 Å². The molecule has 0 N–H and O–H groups in total. The maximum absolute atomic E-state index is 12.8. The van der Waals surface area contributed by atoms with Crippen molar-refractivity contribution >= 4 is 11.7 Å². The van der Waals surface area contributed by atoms with E-state index in [4.69, 9.17) is 14.2 Å². The Balaban J connectivity index is 1.55. The van der Waals surface area contributed by atoms with E-state index in [2.05, 4.69) is 32.1 Å². The summed E-state index contributed by atoms with van der Waals surface area (Å²) in [6.07, 6.45) is 2.65. The molecule has 4 rings (SSSR count). The lowest BCUT2D eigenvalue weighted by Crippen LogP contribution is -2.56. The van der Waals surface area contributed by atoms with Gasteiger partial charge >= 0.3 is 6.09 Å². The van der Waals surface area contributed by atoms with Crippen LogP contribution in [-0.4, -0.2) is 43.4 Å². The average Bonchev–Trinajstić information content (AvgIpc) is 2.71. The molecule has 0 radical (unpaired) electrons. The van der Waals surface area contributed by atoms with Crippen LogP contribution in [0.15, 0.2) is 48.5 Å². The van der Waals surface area contributed by atoms with Gasteiger partial charge in [0.2, 0.25) is 0 Å². The van der Waals surface area contributed by atoms with E-state index < -0.39 is 0 Å². The van der Waals surface area contributed by atoms with Crippen molar-refractivity contribution in [3.63, 3.8) is 0 Å². The van der Waals surface area contributed by atoms with Gasteiger partial charge in [-0.25, -0.2) is 4.79 Å². The number of benzene rings is 2. The van der Waals surface area contributed by atoms with Gasteiger partial charge in [0.15, 0.2) is 0 Å². The van der Waals surface area contributed by atoms with Gasteiger partial charge in [-0.3, -0.25) is 4.90 Å². The first-order valence-electron chi connectivity index (χ1n) is 10.00. The molecule has 2 aromatic rings. The number of aryl methyl sites for hydroxylation is 2. The summed E-state index contributed by atoms with van der Waals surface area (Å²) in [6, 6.07) is 13.8. The second kappa shape index (κ2) is 8.29. The number of morpholine rings is 1. The summed E-state index contributed by atoms with van der Waals surface area (Å²) in [5.41, 5.74) is 5.88. The molecule has 1 amide bonds. The Hall–Kier alpha value is -2.79. The minimum Gasteiger partial charge on any atom is -0.497 e. The molecule has 2 heterocycles. The zero-order chi connectivity index (χ0) is 20.4. The molecule has 1 saturated heterocycles. The number of ether oxygens (including phenoxy) is 3. The second-order valence-corrected chi connectivity index (χ2v) is 7.74. The van der Waals surface area contributed by atoms with Crippen molar-refractivity contribution < 1.29 is 19.0 Å². The van der Waals surface area contributed by atoms with Crippen molar-refractivity contribution in [2.45, 2.75) is 39.0 Å². The Kier molecular flexibility index (Phi) is 5.58. The SMILES string of the molecule is COc1cc(C)c(C2=CC3COCC(C2)N3C(=O)OCc2ccccc2)c(C)c1. The Morgan fingerprint density at radius 3 is 2.52 bits per heavy atom. The fourth-order valence-corrected chi connectivity index (χ4v) is 4.41. The van der Waals surface area contributed by atoms with E-state index in [-0.39, 0.29) is 24.8 Å². The summed E-state index contributed by atoms with van der Waals surface area (Å²) in [5.74, 6) is 0.870. The smallest absolute Gasteiger partial charge is 0.411 e. The monoisotopic (exact) mass is 393 g/mol. The Morgan fingerprint density at radius 1 is 1.14 bits per heavy atom. The van der Waals surface area contributed by atoms with E-state index in [1.807, 2.05) is 35.2 Å². The summed E-state index contributed by atoms with van der Waals surface area (Å²) >= 11 is 0. The van der Waals surface area contributed by atoms with Gasteiger partial charge < -0.3 is 14.2 Å². The first kappa shape index (κ1) is 19.5. The number of amides is 1. The van der Waals surface area contributed by atoms with Crippen LogP contribution >= 0.6 is 0 Å². The third kappa shape index (κ3) is 4.01. The maximum Gasteiger partial charge on any atom is 0.411 e. The van der Waals surface area contributed by atoms with Gasteiger partial charge in [0.25, 0.3) is 0 Å². The zero-order valence-electron chi connectivity index (χ0n) is 17.2. The fraction of sp³-hybridized carbons (Fsp3) is 0.375. The number of nitrogens with zero attached hydrogens (tertiary/aromatic N) is 1. The number of rotatable bonds is 4. The molecular weight excluding hydrogens is 366 g/mol. The normalized spacial score (nSPS) is 20.8. The van der Waals surface area contributed by atoms with E-state index in [0.717, 1.165) is 17.7 Å². The third-order valence-electron chi connectivity index (χ3n) is 5.68. The van der Waals surface area contributed by atoms with E-state index in [0.29, 0.717) is 13.2 Å². The molecule has 2 atom stereocenters. The first-order chi connectivity index (χ1) is 14.1. The fourth-order valence-electron chi connectivity index (χ4n) is 4.41. The van der Waals surface area contributed by atoms with Crippen LogP contribution in [0, 0.1) is 13.8 Å². The molecule has 0 aliphatic carbocycles. The number of carbonyl (C=O) groups is 1. The number of fused-ring (bicyclic) bond motifs is 2. The Labute approximate surface area is 171 Å². The van der Waals surface area contributed by atoms with Crippen LogP contribution in [0.2, 0.25) is 0 Å². The van der Waals surface area contributed by atoms with Crippen LogP contribution in [0.4, 0.5) is 4.79 Å². The summed E-state index contributed by atoms with van der Waals surface area (Å²) in [6.45, 7) is 5.53. The molecule has 2 aliphatic rings. The number of methoxy groups -OCH3 is 1. The highest BCUT2D eigenvalue weighted by molar-refractivity contribution is 5.77. The molecule has 152 valence electrons. The van der Waals surface area contributed by atoms with E-state index in [1.54, 1.807) is 7.11 Å².